The van der Waals surface area contributed by atoms with E-state index in [1.807, 2.05) is 0 Å². The van der Waals surface area contributed by atoms with E-state index in [-0.39, 0.29) is 29.4 Å². The molecule has 0 aromatic heterocycles. The number of carbonyl (C=O) groups excluding carboxylic acids is 1. The minimum absolute atomic E-state index is 0.0596. The van der Waals surface area contributed by atoms with Gasteiger partial charge in [0.1, 0.15) is 0 Å². The quantitative estimate of drug-likeness (QED) is 0.709. The van der Waals surface area contributed by atoms with Crippen LogP contribution >= 0.6 is 0 Å². The van der Waals surface area contributed by atoms with Gasteiger partial charge in [0.05, 0.1) is 22.6 Å². The van der Waals surface area contributed by atoms with Gasteiger partial charge >= 0.3 is 6.18 Å². The van der Waals surface area contributed by atoms with Crippen molar-refractivity contribution in [1.82, 2.24) is 4.90 Å². The van der Waals surface area contributed by atoms with E-state index in [4.69, 9.17) is 0 Å². The zero-order chi connectivity index (χ0) is 20.4. The number of sulfone groups is 1. The summed E-state index contributed by atoms with van der Waals surface area (Å²) in [5.74, 6) is -0.376. The van der Waals surface area contributed by atoms with E-state index in [0.717, 1.165) is 37.8 Å². The Labute approximate surface area is 164 Å². The Morgan fingerprint density at radius 2 is 1.61 bits per heavy atom. The molecule has 1 aliphatic heterocycles. The van der Waals surface area contributed by atoms with Crippen LogP contribution < -0.4 is 0 Å². The zero-order valence-electron chi connectivity index (χ0n) is 15.7. The SMILES string of the molecule is O=C(CCS(=O)(=O)C1CCCC1)N1CCCC[C@H]1c1ccc(C(F)(F)F)cc1. The molecule has 1 heterocycles. The Kier molecular flexibility index (Phi) is 6.37. The van der Waals surface area contributed by atoms with Gasteiger partial charge in [-0.25, -0.2) is 8.42 Å². The predicted octanol–water partition coefficient (Wildman–Crippen LogP) is 4.51. The van der Waals surface area contributed by atoms with Gasteiger partial charge in [-0.05, 0) is 49.8 Å². The second kappa shape index (κ2) is 8.43. The molecule has 0 radical (unpaired) electrons. The summed E-state index contributed by atoms with van der Waals surface area (Å²) >= 11 is 0. The Morgan fingerprint density at radius 3 is 2.21 bits per heavy atom. The molecule has 2 fully saturated rings. The Morgan fingerprint density at radius 1 is 1.00 bits per heavy atom. The first-order valence-corrected chi connectivity index (χ1v) is 11.6. The molecule has 2 aliphatic rings. The van der Waals surface area contributed by atoms with Gasteiger partial charge in [0.25, 0.3) is 0 Å². The number of nitrogens with zero attached hydrogens (tertiary/aromatic N) is 1. The second-order valence-electron chi connectivity index (χ2n) is 7.74. The standard InChI is InChI=1S/C20H26F3NO3S/c21-20(22,23)16-10-8-15(9-11-16)18-7-3-4-13-24(18)19(25)12-14-28(26,27)17-5-1-2-6-17/h8-11,17-18H,1-7,12-14H2/t18-/m0/s1. The maximum atomic E-state index is 12.8. The minimum Gasteiger partial charge on any atom is -0.336 e. The van der Waals surface area contributed by atoms with Crippen molar-refractivity contribution in [3.8, 4) is 0 Å². The number of likely N-dealkylation sites (tertiary alicyclic amines) is 1. The fraction of sp³-hybridized carbons (Fsp3) is 0.650. The summed E-state index contributed by atoms with van der Waals surface area (Å²) in [6.45, 7) is 0.508. The van der Waals surface area contributed by atoms with Crippen LogP contribution in [0.15, 0.2) is 24.3 Å². The molecular formula is C20H26F3NO3S. The number of alkyl halides is 3. The maximum absolute atomic E-state index is 12.8. The highest BCUT2D eigenvalue weighted by Crippen LogP contribution is 2.35. The highest BCUT2D eigenvalue weighted by molar-refractivity contribution is 7.92. The molecule has 1 saturated carbocycles. The van der Waals surface area contributed by atoms with E-state index >= 15 is 0 Å². The third-order valence-electron chi connectivity index (χ3n) is 5.86. The molecule has 1 aliphatic carbocycles. The van der Waals surface area contributed by atoms with Crippen molar-refractivity contribution < 1.29 is 26.4 Å². The van der Waals surface area contributed by atoms with Gasteiger partial charge in [-0.15, -0.1) is 0 Å². The summed E-state index contributed by atoms with van der Waals surface area (Å²) in [7, 11) is -3.27. The molecule has 1 aromatic rings. The van der Waals surface area contributed by atoms with Crippen LogP contribution in [0.3, 0.4) is 0 Å². The van der Waals surface area contributed by atoms with Crippen LogP contribution in [0.1, 0.15) is 68.5 Å². The monoisotopic (exact) mass is 417 g/mol. The van der Waals surface area contributed by atoms with E-state index in [1.165, 1.54) is 12.1 Å². The van der Waals surface area contributed by atoms with Crippen molar-refractivity contribution >= 4 is 15.7 Å². The van der Waals surface area contributed by atoms with E-state index in [1.54, 1.807) is 4.90 Å². The fourth-order valence-electron chi connectivity index (χ4n) is 4.26. The van der Waals surface area contributed by atoms with Crippen LogP contribution in [-0.2, 0) is 20.8 Å². The highest BCUT2D eigenvalue weighted by atomic mass is 32.2. The van der Waals surface area contributed by atoms with E-state index in [2.05, 4.69) is 0 Å². The Balaban J connectivity index is 1.68. The van der Waals surface area contributed by atoms with Gasteiger partial charge in [-0.3, -0.25) is 4.79 Å². The number of rotatable bonds is 5. The zero-order valence-corrected chi connectivity index (χ0v) is 16.6. The average Bonchev–Trinajstić information content (AvgIpc) is 3.21. The summed E-state index contributed by atoms with van der Waals surface area (Å²) in [4.78, 5) is 14.4. The molecule has 0 spiro atoms. The number of hydrogen-bond donors (Lipinski definition) is 0. The lowest BCUT2D eigenvalue weighted by atomic mass is 9.94. The molecule has 0 unspecified atom stereocenters. The van der Waals surface area contributed by atoms with E-state index in [0.29, 0.717) is 31.4 Å². The van der Waals surface area contributed by atoms with Gasteiger partial charge in [0.15, 0.2) is 9.84 Å². The topological polar surface area (TPSA) is 54.5 Å². The van der Waals surface area contributed by atoms with Crippen molar-refractivity contribution in [2.45, 2.75) is 68.8 Å². The third kappa shape index (κ3) is 4.88. The second-order valence-corrected chi connectivity index (χ2v) is 10.1. The van der Waals surface area contributed by atoms with Gasteiger partial charge in [-0.2, -0.15) is 13.2 Å². The Hall–Kier alpha value is -1.57. The summed E-state index contributed by atoms with van der Waals surface area (Å²) < 4.78 is 63.2. The van der Waals surface area contributed by atoms with Crippen LogP contribution in [-0.4, -0.2) is 36.8 Å². The van der Waals surface area contributed by atoms with E-state index < -0.39 is 21.6 Å². The van der Waals surface area contributed by atoms with Crippen LogP contribution in [0.2, 0.25) is 0 Å². The maximum Gasteiger partial charge on any atom is 0.416 e. The third-order valence-corrected chi connectivity index (χ3v) is 8.12. The summed E-state index contributed by atoms with van der Waals surface area (Å²) in [6.07, 6.45) is 1.11. The van der Waals surface area contributed by atoms with Gasteiger partial charge in [0, 0.05) is 13.0 Å². The molecule has 1 amide bonds. The largest absolute Gasteiger partial charge is 0.416 e. The Bertz CT molecular complexity index is 784. The normalized spacial score (nSPS) is 21.8. The smallest absolute Gasteiger partial charge is 0.336 e. The van der Waals surface area contributed by atoms with Crippen LogP contribution in [0.5, 0.6) is 0 Å². The lowest BCUT2D eigenvalue weighted by Gasteiger charge is -2.36. The van der Waals surface area contributed by atoms with Gasteiger partial charge in [-0.1, -0.05) is 25.0 Å². The first-order valence-electron chi connectivity index (χ1n) is 9.87. The first kappa shape index (κ1) is 21.1. The number of halogens is 3. The van der Waals surface area contributed by atoms with Crippen LogP contribution in [0.25, 0.3) is 0 Å². The number of amides is 1. The summed E-state index contributed by atoms with van der Waals surface area (Å²) in [6, 6.07) is 4.63. The van der Waals surface area contributed by atoms with Crippen molar-refractivity contribution in [2.24, 2.45) is 0 Å². The molecule has 8 heteroatoms. The van der Waals surface area contributed by atoms with Crippen molar-refractivity contribution in [3.63, 3.8) is 0 Å². The van der Waals surface area contributed by atoms with Crippen LogP contribution in [0, 0.1) is 0 Å². The molecule has 3 rings (SSSR count). The van der Waals surface area contributed by atoms with E-state index in [9.17, 15) is 26.4 Å². The number of benzene rings is 1. The van der Waals surface area contributed by atoms with Gasteiger partial charge in [0.2, 0.25) is 5.91 Å². The molecule has 0 N–H and O–H groups in total. The van der Waals surface area contributed by atoms with Gasteiger partial charge < -0.3 is 4.90 Å². The number of hydrogen-bond acceptors (Lipinski definition) is 3. The molecule has 4 nitrogen and oxygen atoms in total. The first-order chi connectivity index (χ1) is 13.2. The minimum atomic E-state index is -4.39. The summed E-state index contributed by atoms with van der Waals surface area (Å²) in [5, 5.41) is -0.327. The molecule has 1 aromatic carbocycles. The summed E-state index contributed by atoms with van der Waals surface area (Å²) in [5.41, 5.74) is -0.0488. The van der Waals surface area contributed by atoms with Crippen molar-refractivity contribution in [2.75, 3.05) is 12.3 Å². The fourth-order valence-corrected chi connectivity index (χ4v) is 6.10. The van der Waals surface area contributed by atoms with Crippen molar-refractivity contribution in [1.29, 1.82) is 0 Å². The van der Waals surface area contributed by atoms with Crippen LogP contribution in [0.4, 0.5) is 13.2 Å². The number of carbonyl (C=O) groups is 1. The lowest BCUT2D eigenvalue weighted by Crippen LogP contribution is -2.39. The van der Waals surface area contributed by atoms with Crippen molar-refractivity contribution in [3.05, 3.63) is 35.4 Å². The molecule has 1 saturated heterocycles. The molecular weight excluding hydrogens is 391 g/mol. The lowest BCUT2D eigenvalue weighted by molar-refractivity contribution is -0.138. The number of piperidine rings is 1. The molecule has 28 heavy (non-hydrogen) atoms. The molecule has 1 atom stereocenters. The molecule has 0 bridgehead atoms. The molecule has 156 valence electrons. The highest BCUT2D eigenvalue weighted by Gasteiger charge is 2.33. The average molecular weight is 417 g/mol. The predicted molar refractivity (Wildman–Crippen MR) is 100 cm³/mol.